The van der Waals surface area contributed by atoms with Crippen molar-refractivity contribution in [2.75, 3.05) is 19.0 Å². The molecule has 0 aliphatic carbocycles. The third kappa shape index (κ3) is 6.27. The highest BCUT2D eigenvalue weighted by molar-refractivity contribution is 14.0. The molecule has 2 aromatic carbocycles. The van der Waals surface area contributed by atoms with Gasteiger partial charge in [-0.1, -0.05) is 29.8 Å². The molecule has 124 valence electrons. The predicted octanol–water partition coefficient (Wildman–Crippen LogP) is 4.24. The Bertz CT molecular complexity index is 677. The van der Waals surface area contributed by atoms with Crippen LogP contribution in [-0.4, -0.2) is 19.6 Å². The van der Waals surface area contributed by atoms with Gasteiger partial charge in [0.25, 0.3) is 0 Å². The Hall–Kier alpha value is -1.47. The first-order valence-corrected chi connectivity index (χ1v) is 7.42. The number of nitrogens with two attached hydrogens (primary N) is 1. The molecule has 0 radical (unpaired) electrons. The number of halogens is 2. The number of benzene rings is 2. The van der Waals surface area contributed by atoms with Crippen LogP contribution in [0.25, 0.3) is 0 Å². The second kappa shape index (κ2) is 9.62. The maximum atomic E-state index is 6.20. The van der Waals surface area contributed by atoms with Crippen molar-refractivity contribution in [3.63, 3.8) is 0 Å². The fraction of sp³-hybridized carbons (Fsp3) is 0.235. The van der Waals surface area contributed by atoms with E-state index in [1.54, 1.807) is 13.2 Å². The second-order valence-corrected chi connectivity index (χ2v) is 5.38. The number of guanidine groups is 1. The first-order valence-electron chi connectivity index (χ1n) is 7.04. The zero-order chi connectivity index (χ0) is 15.9. The van der Waals surface area contributed by atoms with Gasteiger partial charge >= 0.3 is 0 Å². The summed E-state index contributed by atoms with van der Waals surface area (Å²) in [6.45, 7) is 2.60. The van der Waals surface area contributed by atoms with Gasteiger partial charge < -0.3 is 15.8 Å². The minimum atomic E-state index is 0. The van der Waals surface area contributed by atoms with Crippen LogP contribution in [0, 0.1) is 6.92 Å². The summed E-state index contributed by atoms with van der Waals surface area (Å²) in [5.74, 6) is 1.15. The summed E-state index contributed by atoms with van der Waals surface area (Å²) in [4.78, 5) is 4.32. The molecule has 0 fully saturated rings. The number of hydrogen-bond acceptors (Lipinski definition) is 2. The summed E-state index contributed by atoms with van der Waals surface area (Å²) in [7, 11) is 1.62. The molecule has 0 spiro atoms. The number of nitrogens with one attached hydrogen (secondary N) is 1. The topological polar surface area (TPSA) is 59.6 Å². The van der Waals surface area contributed by atoms with Gasteiger partial charge in [-0.15, -0.1) is 24.0 Å². The standard InChI is InChI=1S/C17H20ClN3O.HI/c1-12-4-3-5-14(10-12)21-17(19)20-9-8-13-6-7-15(22-2)11-16(13)18;/h3-7,10-11H,8-9H2,1-2H3,(H3,19,20,21);1H. The van der Waals surface area contributed by atoms with E-state index < -0.39 is 0 Å². The van der Waals surface area contributed by atoms with Crippen LogP contribution in [0.4, 0.5) is 5.69 Å². The molecule has 0 saturated heterocycles. The zero-order valence-electron chi connectivity index (χ0n) is 13.2. The minimum Gasteiger partial charge on any atom is -0.497 e. The number of ether oxygens (including phenoxy) is 1. The van der Waals surface area contributed by atoms with Crippen molar-refractivity contribution in [2.45, 2.75) is 13.3 Å². The number of anilines is 1. The third-order valence-corrected chi connectivity index (χ3v) is 3.57. The molecule has 4 nitrogen and oxygen atoms in total. The molecule has 2 rings (SSSR count). The Labute approximate surface area is 159 Å². The molecular weight excluding hydrogens is 425 g/mol. The lowest BCUT2D eigenvalue weighted by atomic mass is 10.1. The van der Waals surface area contributed by atoms with Crippen LogP contribution in [-0.2, 0) is 6.42 Å². The fourth-order valence-electron chi connectivity index (χ4n) is 2.06. The summed E-state index contributed by atoms with van der Waals surface area (Å²) in [5, 5.41) is 3.76. The van der Waals surface area contributed by atoms with Gasteiger partial charge in [-0.3, -0.25) is 4.99 Å². The minimum absolute atomic E-state index is 0. The van der Waals surface area contributed by atoms with E-state index >= 15 is 0 Å². The van der Waals surface area contributed by atoms with Crippen molar-refractivity contribution in [2.24, 2.45) is 10.7 Å². The average molecular weight is 446 g/mol. The van der Waals surface area contributed by atoms with Gasteiger partial charge in [0.05, 0.1) is 7.11 Å². The van der Waals surface area contributed by atoms with Crippen LogP contribution < -0.4 is 15.8 Å². The Morgan fingerprint density at radius 3 is 2.70 bits per heavy atom. The predicted molar refractivity (Wildman–Crippen MR) is 108 cm³/mol. The molecule has 0 unspecified atom stereocenters. The van der Waals surface area contributed by atoms with E-state index in [2.05, 4.69) is 10.3 Å². The lowest BCUT2D eigenvalue weighted by Crippen LogP contribution is -2.23. The normalized spacial score (nSPS) is 10.8. The molecule has 0 aliphatic rings. The van der Waals surface area contributed by atoms with Crippen molar-refractivity contribution >= 4 is 47.2 Å². The third-order valence-electron chi connectivity index (χ3n) is 3.21. The summed E-state index contributed by atoms with van der Waals surface area (Å²) in [5.41, 5.74) is 9.02. The first-order chi connectivity index (χ1) is 10.6. The highest BCUT2D eigenvalue weighted by atomic mass is 127. The van der Waals surface area contributed by atoms with E-state index in [1.165, 1.54) is 5.56 Å². The number of hydrogen-bond donors (Lipinski definition) is 2. The van der Waals surface area contributed by atoms with E-state index in [0.717, 1.165) is 23.4 Å². The van der Waals surface area contributed by atoms with Crippen molar-refractivity contribution < 1.29 is 4.74 Å². The number of nitrogens with zero attached hydrogens (tertiary/aromatic N) is 1. The lowest BCUT2D eigenvalue weighted by Gasteiger charge is -2.07. The fourth-order valence-corrected chi connectivity index (χ4v) is 2.33. The van der Waals surface area contributed by atoms with Crippen LogP contribution in [0.2, 0.25) is 5.02 Å². The van der Waals surface area contributed by atoms with E-state index in [0.29, 0.717) is 17.5 Å². The van der Waals surface area contributed by atoms with E-state index in [1.807, 2.05) is 43.3 Å². The summed E-state index contributed by atoms with van der Waals surface area (Å²) < 4.78 is 5.13. The molecule has 0 amide bonds. The van der Waals surface area contributed by atoms with Crippen LogP contribution in [0.15, 0.2) is 47.5 Å². The van der Waals surface area contributed by atoms with Crippen LogP contribution >= 0.6 is 35.6 Å². The van der Waals surface area contributed by atoms with Gasteiger partial charge in [0.2, 0.25) is 0 Å². The van der Waals surface area contributed by atoms with Gasteiger partial charge in [-0.2, -0.15) is 0 Å². The van der Waals surface area contributed by atoms with Crippen molar-refractivity contribution in [3.8, 4) is 5.75 Å². The molecule has 23 heavy (non-hydrogen) atoms. The molecule has 0 aromatic heterocycles. The first kappa shape index (κ1) is 19.6. The van der Waals surface area contributed by atoms with Crippen molar-refractivity contribution in [1.82, 2.24) is 0 Å². The maximum absolute atomic E-state index is 6.20. The summed E-state index contributed by atoms with van der Waals surface area (Å²) >= 11 is 6.20. The number of methoxy groups -OCH3 is 1. The monoisotopic (exact) mass is 445 g/mol. The maximum Gasteiger partial charge on any atom is 0.193 e. The summed E-state index contributed by atoms with van der Waals surface area (Å²) in [6, 6.07) is 13.6. The lowest BCUT2D eigenvalue weighted by molar-refractivity contribution is 0.414. The van der Waals surface area contributed by atoms with Gasteiger partial charge in [0.1, 0.15) is 5.75 Å². The number of aliphatic imine (C=N–C) groups is 1. The van der Waals surface area contributed by atoms with E-state index in [-0.39, 0.29) is 24.0 Å². The Morgan fingerprint density at radius 1 is 1.26 bits per heavy atom. The highest BCUT2D eigenvalue weighted by Gasteiger charge is 2.02. The van der Waals surface area contributed by atoms with Crippen molar-refractivity contribution in [3.05, 3.63) is 58.6 Å². The molecule has 0 saturated carbocycles. The molecular formula is C17H21ClIN3O. The molecule has 3 N–H and O–H groups in total. The van der Waals surface area contributed by atoms with Gasteiger partial charge in [-0.25, -0.2) is 0 Å². The average Bonchev–Trinajstić information content (AvgIpc) is 2.48. The van der Waals surface area contributed by atoms with Crippen LogP contribution in [0.3, 0.4) is 0 Å². The van der Waals surface area contributed by atoms with Gasteiger partial charge in [0, 0.05) is 17.3 Å². The second-order valence-electron chi connectivity index (χ2n) is 4.97. The van der Waals surface area contributed by atoms with E-state index in [9.17, 15) is 0 Å². The summed E-state index contributed by atoms with van der Waals surface area (Å²) in [6.07, 6.45) is 0.721. The van der Waals surface area contributed by atoms with Gasteiger partial charge in [0.15, 0.2) is 5.96 Å². The molecule has 0 bridgehead atoms. The Kier molecular flexibility index (Phi) is 8.19. The van der Waals surface area contributed by atoms with Crippen LogP contribution in [0.5, 0.6) is 5.75 Å². The zero-order valence-corrected chi connectivity index (χ0v) is 16.3. The smallest absolute Gasteiger partial charge is 0.193 e. The Morgan fingerprint density at radius 2 is 2.04 bits per heavy atom. The highest BCUT2D eigenvalue weighted by Crippen LogP contribution is 2.22. The number of aryl methyl sites for hydroxylation is 1. The SMILES string of the molecule is COc1ccc(CCN=C(N)Nc2cccc(C)c2)c(Cl)c1.I. The van der Waals surface area contributed by atoms with Crippen molar-refractivity contribution in [1.29, 1.82) is 0 Å². The van der Waals surface area contributed by atoms with E-state index in [4.69, 9.17) is 22.1 Å². The molecule has 2 aromatic rings. The molecule has 0 atom stereocenters. The number of rotatable bonds is 5. The largest absolute Gasteiger partial charge is 0.497 e. The molecule has 6 heteroatoms. The van der Waals surface area contributed by atoms with Gasteiger partial charge in [-0.05, 0) is 48.7 Å². The molecule has 0 heterocycles. The Balaban J connectivity index is 0.00000264. The van der Waals surface area contributed by atoms with Crippen LogP contribution in [0.1, 0.15) is 11.1 Å². The molecule has 0 aliphatic heterocycles. The quantitative estimate of drug-likeness (QED) is 0.411.